The fourth-order valence-corrected chi connectivity index (χ4v) is 3.68. The summed E-state index contributed by atoms with van der Waals surface area (Å²) in [6.07, 6.45) is 0.177. The zero-order valence-electron chi connectivity index (χ0n) is 18.5. The van der Waals surface area contributed by atoms with E-state index in [-0.39, 0.29) is 18.6 Å². The molecular formula is C28H25NO5. The molecule has 1 atom stereocenters. The molecule has 1 amide bonds. The lowest BCUT2D eigenvalue weighted by molar-refractivity contribution is -0.139. The summed E-state index contributed by atoms with van der Waals surface area (Å²) < 4.78 is 11.7. The standard InChI is InChI=1S/C28H25NO5/c30-27(29-25(28(31)32)19-20-9-3-1-4-10-20)24-16-15-21-11-7-8-14-23(21)26(24)34-18-17-33-22-12-5-2-6-13-22/h1-16,25H,17-19H2,(H,29,30)(H,31,32). The van der Waals surface area contributed by atoms with Crippen molar-refractivity contribution < 1.29 is 24.2 Å². The van der Waals surface area contributed by atoms with Crippen molar-refractivity contribution in [2.24, 2.45) is 0 Å². The molecule has 4 rings (SSSR count). The van der Waals surface area contributed by atoms with Crippen LogP contribution in [-0.2, 0) is 11.2 Å². The Morgan fingerprint density at radius 3 is 2.15 bits per heavy atom. The van der Waals surface area contributed by atoms with Crippen molar-refractivity contribution in [1.82, 2.24) is 5.32 Å². The van der Waals surface area contributed by atoms with Gasteiger partial charge in [-0.3, -0.25) is 4.79 Å². The molecule has 0 aliphatic heterocycles. The lowest BCUT2D eigenvalue weighted by atomic mass is 10.0. The van der Waals surface area contributed by atoms with Crippen LogP contribution in [0.1, 0.15) is 15.9 Å². The predicted octanol–water partition coefficient (Wildman–Crippen LogP) is 4.72. The molecular weight excluding hydrogens is 430 g/mol. The predicted molar refractivity (Wildman–Crippen MR) is 130 cm³/mol. The van der Waals surface area contributed by atoms with Crippen LogP contribution in [0.4, 0.5) is 0 Å². The van der Waals surface area contributed by atoms with Crippen LogP contribution in [-0.4, -0.2) is 36.2 Å². The smallest absolute Gasteiger partial charge is 0.326 e. The van der Waals surface area contributed by atoms with Gasteiger partial charge in [0.25, 0.3) is 5.91 Å². The number of hydrogen-bond acceptors (Lipinski definition) is 4. The largest absolute Gasteiger partial charge is 0.490 e. The molecule has 4 aromatic rings. The van der Waals surface area contributed by atoms with Crippen LogP contribution in [0, 0.1) is 0 Å². The van der Waals surface area contributed by atoms with Crippen LogP contribution in [0.2, 0.25) is 0 Å². The van der Waals surface area contributed by atoms with Crippen molar-refractivity contribution in [1.29, 1.82) is 0 Å². The number of benzene rings is 4. The summed E-state index contributed by atoms with van der Waals surface area (Å²) in [4.78, 5) is 25.0. The van der Waals surface area contributed by atoms with E-state index in [1.807, 2.05) is 91.0 Å². The topological polar surface area (TPSA) is 84.9 Å². The molecule has 0 heterocycles. The lowest BCUT2D eigenvalue weighted by Crippen LogP contribution is -2.42. The number of carbonyl (C=O) groups excluding carboxylic acids is 1. The Balaban J connectivity index is 1.53. The number of rotatable bonds is 10. The third-order valence-electron chi connectivity index (χ3n) is 5.35. The highest BCUT2D eigenvalue weighted by molar-refractivity contribution is 6.04. The molecule has 0 aliphatic rings. The highest BCUT2D eigenvalue weighted by Crippen LogP contribution is 2.30. The molecule has 0 aliphatic carbocycles. The van der Waals surface area contributed by atoms with E-state index < -0.39 is 17.9 Å². The zero-order valence-corrected chi connectivity index (χ0v) is 18.5. The molecule has 4 aromatic carbocycles. The molecule has 172 valence electrons. The number of fused-ring (bicyclic) bond motifs is 1. The minimum atomic E-state index is -1.10. The maximum Gasteiger partial charge on any atom is 0.326 e. The van der Waals surface area contributed by atoms with Gasteiger partial charge in [0.05, 0.1) is 5.56 Å². The first-order chi connectivity index (χ1) is 16.6. The molecule has 0 spiro atoms. The molecule has 0 saturated heterocycles. The summed E-state index contributed by atoms with van der Waals surface area (Å²) in [5, 5.41) is 14.0. The van der Waals surface area contributed by atoms with E-state index in [1.54, 1.807) is 6.07 Å². The summed E-state index contributed by atoms with van der Waals surface area (Å²) >= 11 is 0. The first-order valence-corrected chi connectivity index (χ1v) is 11.0. The number of ether oxygens (including phenoxy) is 2. The van der Waals surface area contributed by atoms with Crippen LogP contribution in [0.25, 0.3) is 10.8 Å². The normalized spacial score (nSPS) is 11.5. The quantitative estimate of drug-likeness (QED) is 0.338. The van der Waals surface area contributed by atoms with E-state index in [0.29, 0.717) is 12.4 Å². The zero-order chi connectivity index (χ0) is 23.8. The van der Waals surface area contributed by atoms with Gasteiger partial charge >= 0.3 is 5.97 Å². The number of carbonyl (C=O) groups is 2. The van der Waals surface area contributed by atoms with E-state index in [1.165, 1.54) is 0 Å². The van der Waals surface area contributed by atoms with E-state index in [4.69, 9.17) is 9.47 Å². The summed E-state index contributed by atoms with van der Waals surface area (Å²) in [5.41, 5.74) is 1.10. The highest BCUT2D eigenvalue weighted by Gasteiger charge is 2.24. The second-order valence-electron chi connectivity index (χ2n) is 7.73. The van der Waals surface area contributed by atoms with Gasteiger partial charge in [0, 0.05) is 11.8 Å². The van der Waals surface area contributed by atoms with E-state index >= 15 is 0 Å². The number of carboxylic acids is 1. The van der Waals surface area contributed by atoms with Gasteiger partial charge in [-0.15, -0.1) is 0 Å². The van der Waals surface area contributed by atoms with Crippen molar-refractivity contribution >= 4 is 22.6 Å². The lowest BCUT2D eigenvalue weighted by Gasteiger charge is -2.18. The molecule has 34 heavy (non-hydrogen) atoms. The maximum absolute atomic E-state index is 13.2. The molecule has 2 N–H and O–H groups in total. The van der Waals surface area contributed by atoms with E-state index in [0.717, 1.165) is 22.1 Å². The summed E-state index contributed by atoms with van der Waals surface area (Å²) in [5.74, 6) is -0.479. The number of para-hydroxylation sites is 1. The molecule has 6 nitrogen and oxygen atoms in total. The van der Waals surface area contributed by atoms with Crippen molar-refractivity contribution in [3.63, 3.8) is 0 Å². The number of amides is 1. The summed E-state index contributed by atoms with van der Waals surface area (Å²) in [6.45, 7) is 0.510. The Morgan fingerprint density at radius 2 is 1.41 bits per heavy atom. The van der Waals surface area contributed by atoms with Gasteiger partial charge in [-0.05, 0) is 29.1 Å². The Kier molecular flexibility index (Phi) is 7.40. The third kappa shape index (κ3) is 5.72. The Hall–Kier alpha value is -4.32. The Morgan fingerprint density at radius 1 is 0.765 bits per heavy atom. The summed E-state index contributed by atoms with van der Waals surface area (Å²) in [7, 11) is 0. The minimum Gasteiger partial charge on any atom is -0.490 e. The third-order valence-corrected chi connectivity index (χ3v) is 5.35. The average molecular weight is 456 g/mol. The fourth-order valence-electron chi connectivity index (χ4n) is 3.68. The van der Waals surface area contributed by atoms with Crippen LogP contribution < -0.4 is 14.8 Å². The van der Waals surface area contributed by atoms with Gasteiger partial charge in [0.1, 0.15) is 30.8 Å². The first-order valence-electron chi connectivity index (χ1n) is 11.0. The van der Waals surface area contributed by atoms with Crippen molar-refractivity contribution in [3.8, 4) is 11.5 Å². The van der Waals surface area contributed by atoms with Crippen molar-refractivity contribution in [2.75, 3.05) is 13.2 Å². The average Bonchev–Trinajstić information content (AvgIpc) is 2.87. The number of nitrogens with one attached hydrogen (secondary N) is 1. The Bertz CT molecular complexity index is 1260. The van der Waals surface area contributed by atoms with Gasteiger partial charge in [0.15, 0.2) is 0 Å². The van der Waals surface area contributed by atoms with Gasteiger partial charge < -0.3 is 19.9 Å². The van der Waals surface area contributed by atoms with Crippen molar-refractivity contribution in [2.45, 2.75) is 12.5 Å². The molecule has 0 radical (unpaired) electrons. The van der Waals surface area contributed by atoms with E-state index in [2.05, 4.69) is 5.32 Å². The molecule has 0 bridgehead atoms. The first kappa shape index (κ1) is 22.9. The maximum atomic E-state index is 13.2. The number of carboxylic acid groups (broad SMARTS) is 1. The molecule has 0 aromatic heterocycles. The molecule has 0 fully saturated rings. The fraction of sp³-hybridized carbons (Fsp3) is 0.143. The Labute approximate surface area is 197 Å². The minimum absolute atomic E-state index is 0.177. The summed E-state index contributed by atoms with van der Waals surface area (Å²) in [6, 6.07) is 28.6. The van der Waals surface area contributed by atoms with E-state index in [9.17, 15) is 14.7 Å². The number of aliphatic carboxylic acids is 1. The second-order valence-corrected chi connectivity index (χ2v) is 7.73. The van der Waals surface area contributed by atoms with Gasteiger partial charge in [-0.25, -0.2) is 4.79 Å². The van der Waals surface area contributed by atoms with Crippen LogP contribution in [0.5, 0.6) is 11.5 Å². The number of hydrogen-bond donors (Lipinski definition) is 2. The van der Waals surface area contributed by atoms with Crippen LogP contribution in [0.15, 0.2) is 97.1 Å². The second kappa shape index (κ2) is 11.0. The van der Waals surface area contributed by atoms with Crippen LogP contribution >= 0.6 is 0 Å². The molecule has 1 unspecified atom stereocenters. The van der Waals surface area contributed by atoms with Crippen molar-refractivity contribution in [3.05, 3.63) is 108 Å². The SMILES string of the molecule is O=C(NC(Cc1ccccc1)C(=O)O)c1ccc2ccccc2c1OCCOc1ccccc1. The highest BCUT2D eigenvalue weighted by atomic mass is 16.5. The van der Waals surface area contributed by atoms with Gasteiger partial charge in [-0.1, -0.05) is 78.9 Å². The molecule has 6 heteroatoms. The van der Waals surface area contributed by atoms with Crippen LogP contribution in [0.3, 0.4) is 0 Å². The molecule has 0 saturated carbocycles. The van der Waals surface area contributed by atoms with Gasteiger partial charge in [0.2, 0.25) is 0 Å². The van der Waals surface area contributed by atoms with Gasteiger partial charge in [-0.2, -0.15) is 0 Å². The monoisotopic (exact) mass is 455 g/mol.